The summed E-state index contributed by atoms with van der Waals surface area (Å²) in [7, 11) is 2.10. The quantitative estimate of drug-likeness (QED) is 0.791. The average Bonchev–Trinajstić information content (AvgIpc) is 2.80. The molecule has 0 aliphatic rings. The van der Waals surface area contributed by atoms with Crippen LogP contribution < -0.4 is 5.32 Å². The number of para-hydroxylation sites is 2. The van der Waals surface area contributed by atoms with Crippen LogP contribution in [0.15, 0.2) is 24.3 Å². The van der Waals surface area contributed by atoms with E-state index in [9.17, 15) is 0 Å². The lowest BCUT2D eigenvalue weighted by molar-refractivity contribution is 0.415. The summed E-state index contributed by atoms with van der Waals surface area (Å²) in [6.45, 7) is 6.50. The summed E-state index contributed by atoms with van der Waals surface area (Å²) in [6, 6.07) is 8.32. The highest BCUT2D eigenvalue weighted by Crippen LogP contribution is 2.15. The van der Waals surface area contributed by atoms with Crippen molar-refractivity contribution in [3.8, 4) is 0 Å². The van der Waals surface area contributed by atoms with Gasteiger partial charge in [0.25, 0.3) is 0 Å². The Hall–Kier alpha value is -1.35. The van der Waals surface area contributed by atoms with Gasteiger partial charge in [-0.1, -0.05) is 45.2 Å². The van der Waals surface area contributed by atoms with Crippen molar-refractivity contribution in [3.05, 3.63) is 30.1 Å². The molecule has 0 saturated heterocycles. The van der Waals surface area contributed by atoms with E-state index in [1.807, 2.05) is 6.07 Å². The van der Waals surface area contributed by atoms with Crippen molar-refractivity contribution in [2.45, 2.75) is 46.1 Å². The molecule has 0 aliphatic heterocycles. The van der Waals surface area contributed by atoms with Crippen molar-refractivity contribution in [2.75, 3.05) is 6.54 Å². The Kier molecular flexibility index (Phi) is 5.60. The number of benzene rings is 1. The van der Waals surface area contributed by atoms with Crippen LogP contribution in [0.1, 0.15) is 45.4 Å². The summed E-state index contributed by atoms with van der Waals surface area (Å²) in [5.41, 5.74) is 2.30. The second-order valence-corrected chi connectivity index (χ2v) is 5.62. The minimum absolute atomic E-state index is 0.796. The molecule has 0 aliphatic carbocycles. The number of unbranched alkanes of at least 4 members (excludes halogenated alkanes) is 1. The average molecular weight is 273 g/mol. The van der Waals surface area contributed by atoms with Crippen LogP contribution in [0, 0.1) is 5.92 Å². The van der Waals surface area contributed by atoms with Gasteiger partial charge in [0.1, 0.15) is 5.82 Å². The first-order chi connectivity index (χ1) is 9.76. The zero-order valence-electron chi connectivity index (χ0n) is 13.0. The SMILES string of the molecule is CCCCC(CC)CNCc1nc2ccccc2n1C. The maximum atomic E-state index is 4.70. The fourth-order valence-corrected chi connectivity index (χ4v) is 2.68. The van der Waals surface area contributed by atoms with E-state index in [1.165, 1.54) is 31.2 Å². The fraction of sp³-hybridized carbons (Fsp3) is 0.588. The molecule has 0 spiro atoms. The third kappa shape index (κ3) is 3.60. The topological polar surface area (TPSA) is 29.9 Å². The molecule has 1 unspecified atom stereocenters. The van der Waals surface area contributed by atoms with Gasteiger partial charge in [-0.25, -0.2) is 4.98 Å². The summed E-state index contributed by atoms with van der Waals surface area (Å²) in [4.78, 5) is 4.70. The predicted octanol–water partition coefficient (Wildman–Crippen LogP) is 3.88. The van der Waals surface area contributed by atoms with Crippen LogP contribution in [0.3, 0.4) is 0 Å². The molecule has 2 aromatic rings. The molecule has 0 fully saturated rings. The van der Waals surface area contributed by atoms with E-state index >= 15 is 0 Å². The molecule has 3 nitrogen and oxygen atoms in total. The van der Waals surface area contributed by atoms with Gasteiger partial charge in [0.2, 0.25) is 0 Å². The molecular formula is C17H27N3. The van der Waals surface area contributed by atoms with Crippen molar-refractivity contribution < 1.29 is 0 Å². The third-order valence-corrected chi connectivity index (χ3v) is 4.14. The van der Waals surface area contributed by atoms with Crippen molar-refractivity contribution in [1.82, 2.24) is 14.9 Å². The highest BCUT2D eigenvalue weighted by atomic mass is 15.1. The lowest BCUT2D eigenvalue weighted by Crippen LogP contribution is -2.23. The van der Waals surface area contributed by atoms with Gasteiger partial charge in [-0.2, -0.15) is 0 Å². The lowest BCUT2D eigenvalue weighted by atomic mass is 9.99. The van der Waals surface area contributed by atoms with E-state index in [1.54, 1.807) is 0 Å². The normalized spacial score (nSPS) is 12.9. The fourth-order valence-electron chi connectivity index (χ4n) is 2.68. The first-order valence-corrected chi connectivity index (χ1v) is 7.87. The number of rotatable bonds is 8. The number of imidazole rings is 1. The molecule has 1 atom stereocenters. The van der Waals surface area contributed by atoms with Gasteiger partial charge >= 0.3 is 0 Å². The van der Waals surface area contributed by atoms with Gasteiger partial charge in [-0.05, 0) is 31.0 Å². The van der Waals surface area contributed by atoms with Gasteiger partial charge in [0, 0.05) is 7.05 Å². The van der Waals surface area contributed by atoms with E-state index in [4.69, 9.17) is 4.98 Å². The van der Waals surface area contributed by atoms with Gasteiger partial charge in [-0.15, -0.1) is 0 Å². The van der Waals surface area contributed by atoms with Crippen molar-refractivity contribution >= 4 is 11.0 Å². The van der Waals surface area contributed by atoms with Crippen LogP contribution >= 0.6 is 0 Å². The van der Waals surface area contributed by atoms with Crippen LogP contribution in [-0.4, -0.2) is 16.1 Å². The molecule has 0 amide bonds. The molecular weight excluding hydrogens is 246 g/mol. The number of nitrogens with zero attached hydrogens (tertiary/aromatic N) is 2. The molecule has 1 aromatic heterocycles. The Morgan fingerprint density at radius 3 is 2.75 bits per heavy atom. The summed E-state index contributed by atoms with van der Waals surface area (Å²) < 4.78 is 2.19. The van der Waals surface area contributed by atoms with Crippen LogP contribution in [0.5, 0.6) is 0 Å². The molecule has 0 radical (unpaired) electrons. The molecule has 1 heterocycles. The number of aryl methyl sites for hydroxylation is 1. The summed E-state index contributed by atoms with van der Waals surface area (Å²) in [5, 5.41) is 3.58. The number of hydrogen-bond donors (Lipinski definition) is 1. The smallest absolute Gasteiger partial charge is 0.123 e. The molecule has 3 heteroatoms. The van der Waals surface area contributed by atoms with E-state index < -0.39 is 0 Å². The maximum Gasteiger partial charge on any atom is 0.123 e. The molecule has 0 saturated carbocycles. The van der Waals surface area contributed by atoms with Crippen LogP contribution in [-0.2, 0) is 13.6 Å². The first kappa shape index (κ1) is 15.0. The molecule has 0 bridgehead atoms. The molecule has 2 rings (SSSR count). The lowest BCUT2D eigenvalue weighted by Gasteiger charge is -2.15. The minimum Gasteiger partial charge on any atom is -0.330 e. The minimum atomic E-state index is 0.796. The monoisotopic (exact) mass is 273 g/mol. The van der Waals surface area contributed by atoms with Crippen LogP contribution in [0.2, 0.25) is 0 Å². The Bertz CT molecular complexity index is 530. The summed E-state index contributed by atoms with van der Waals surface area (Å²) in [6.07, 6.45) is 5.23. The van der Waals surface area contributed by atoms with Gasteiger partial charge in [-0.3, -0.25) is 0 Å². The van der Waals surface area contributed by atoms with E-state index in [0.717, 1.165) is 30.3 Å². The van der Waals surface area contributed by atoms with Crippen molar-refractivity contribution in [3.63, 3.8) is 0 Å². The first-order valence-electron chi connectivity index (χ1n) is 7.87. The van der Waals surface area contributed by atoms with E-state index in [0.29, 0.717) is 0 Å². The number of aromatic nitrogens is 2. The Labute approximate surface area is 122 Å². The highest BCUT2D eigenvalue weighted by Gasteiger charge is 2.08. The molecule has 1 aromatic carbocycles. The molecule has 1 N–H and O–H groups in total. The van der Waals surface area contributed by atoms with E-state index in [2.05, 4.69) is 49.0 Å². The third-order valence-electron chi connectivity index (χ3n) is 4.14. The second-order valence-electron chi connectivity index (χ2n) is 5.62. The van der Waals surface area contributed by atoms with Crippen LogP contribution in [0.4, 0.5) is 0 Å². The number of hydrogen-bond acceptors (Lipinski definition) is 2. The van der Waals surface area contributed by atoms with Gasteiger partial charge < -0.3 is 9.88 Å². The Balaban J connectivity index is 1.90. The Morgan fingerprint density at radius 1 is 1.25 bits per heavy atom. The summed E-state index contributed by atoms with van der Waals surface area (Å²) >= 11 is 0. The Morgan fingerprint density at radius 2 is 2.05 bits per heavy atom. The molecule has 20 heavy (non-hydrogen) atoms. The highest BCUT2D eigenvalue weighted by molar-refractivity contribution is 5.75. The van der Waals surface area contributed by atoms with Crippen molar-refractivity contribution in [1.29, 1.82) is 0 Å². The standard InChI is InChI=1S/C17H27N3/c1-4-6-9-14(5-2)12-18-13-17-19-15-10-7-8-11-16(15)20(17)3/h7-8,10-11,14,18H,4-6,9,12-13H2,1-3H3. The zero-order valence-corrected chi connectivity index (χ0v) is 13.0. The number of fused-ring (bicyclic) bond motifs is 1. The van der Waals surface area contributed by atoms with Crippen LogP contribution in [0.25, 0.3) is 11.0 Å². The van der Waals surface area contributed by atoms with Gasteiger partial charge in [0.15, 0.2) is 0 Å². The van der Waals surface area contributed by atoms with Crippen molar-refractivity contribution in [2.24, 2.45) is 13.0 Å². The largest absolute Gasteiger partial charge is 0.330 e. The van der Waals surface area contributed by atoms with Gasteiger partial charge in [0.05, 0.1) is 17.6 Å². The number of nitrogens with one attached hydrogen (secondary N) is 1. The van der Waals surface area contributed by atoms with E-state index in [-0.39, 0.29) is 0 Å². The maximum absolute atomic E-state index is 4.70. The molecule has 110 valence electrons. The summed E-state index contributed by atoms with van der Waals surface area (Å²) in [5.74, 6) is 1.92. The predicted molar refractivity (Wildman–Crippen MR) is 85.7 cm³/mol. The zero-order chi connectivity index (χ0) is 14.4. The second kappa shape index (κ2) is 7.44.